The minimum Gasteiger partial charge on any atom is -0.321 e. The van der Waals surface area contributed by atoms with Crippen LogP contribution in [0.3, 0.4) is 0 Å². The van der Waals surface area contributed by atoms with Crippen LogP contribution in [0.15, 0.2) is 83.3 Å². The van der Waals surface area contributed by atoms with E-state index in [9.17, 15) is 4.79 Å². The van der Waals surface area contributed by atoms with Crippen LogP contribution in [-0.4, -0.2) is 15.9 Å². The molecule has 1 N–H and O–H groups in total. The highest BCUT2D eigenvalue weighted by Crippen LogP contribution is 2.19. The summed E-state index contributed by atoms with van der Waals surface area (Å²) in [5, 5.41) is 10.9. The monoisotopic (exact) mass is 303 g/mol. The standard InChI is InChI=1S/C17H13N5O/c23-17(15-5-1-3-11-18-15)20-13-7-9-14(10-8-13)21-22-16-6-2-4-12-19-16/h1-12H,(H,20,23)/b22-21+. The molecule has 0 atom stereocenters. The van der Waals surface area contributed by atoms with E-state index in [4.69, 9.17) is 0 Å². The van der Waals surface area contributed by atoms with Gasteiger partial charge in [0.2, 0.25) is 0 Å². The minimum atomic E-state index is -0.256. The molecule has 2 aromatic heterocycles. The lowest BCUT2D eigenvalue weighted by Gasteiger charge is -2.04. The van der Waals surface area contributed by atoms with Crippen LogP contribution in [0.1, 0.15) is 10.5 Å². The van der Waals surface area contributed by atoms with E-state index in [0.29, 0.717) is 22.9 Å². The van der Waals surface area contributed by atoms with Crippen LogP contribution in [-0.2, 0) is 0 Å². The third-order valence-electron chi connectivity index (χ3n) is 2.94. The summed E-state index contributed by atoms with van der Waals surface area (Å²) in [7, 11) is 0. The molecular weight excluding hydrogens is 290 g/mol. The fourth-order valence-electron chi connectivity index (χ4n) is 1.83. The summed E-state index contributed by atoms with van der Waals surface area (Å²) in [6.45, 7) is 0. The molecule has 0 spiro atoms. The van der Waals surface area contributed by atoms with Gasteiger partial charge in [-0.25, -0.2) is 4.98 Å². The number of carbonyl (C=O) groups is 1. The maximum absolute atomic E-state index is 12.0. The normalized spacial score (nSPS) is 10.6. The summed E-state index contributed by atoms with van der Waals surface area (Å²) >= 11 is 0. The van der Waals surface area contributed by atoms with Crippen molar-refractivity contribution in [2.75, 3.05) is 5.32 Å². The molecule has 1 amide bonds. The average molecular weight is 303 g/mol. The van der Waals surface area contributed by atoms with Crippen molar-refractivity contribution in [2.24, 2.45) is 10.2 Å². The third-order valence-corrected chi connectivity index (χ3v) is 2.94. The van der Waals surface area contributed by atoms with Crippen molar-refractivity contribution < 1.29 is 4.79 Å². The molecule has 0 aliphatic heterocycles. The van der Waals surface area contributed by atoms with Gasteiger partial charge in [-0.3, -0.25) is 9.78 Å². The molecule has 3 rings (SSSR count). The van der Waals surface area contributed by atoms with Crippen LogP contribution in [0.2, 0.25) is 0 Å². The van der Waals surface area contributed by atoms with E-state index < -0.39 is 0 Å². The fourth-order valence-corrected chi connectivity index (χ4v) is 1.83. The number of aromatic nitrogens is 2. The van der Waals surface area contributed by atoms with Crippen LogP contribution >= 0.6 is 0 Å². The molecule has 1 aromatic carbocycles. The van der Waals surface area contributed by atoms with E-state index in [-0.39, 0.29) is 5.91 Å². The Morgan fingerprint density at radius 3 is 2.22 bits per heavy atom. The maximum atomic E-state index is 12.0. The summed E-state index contributed by atoms with van der Waals surface area (Å²) in [6.07, 6.45) is 3.24. The van der Waals surface area contributed by atoms with Crippen LogP contribution < -0.4 is 5.32 Å². The van der Waals surface area contributed by atoms with Gasteiger partial charge in [-0.05, 0) is 48.5 Å². The van der Waals surface area contributed by atoms with Crippen molar-refractivity contribution >= 4 is 23.1 Å². The van der Waals surface area contributed by atoms with Gasteiger partial charge in [0.25, 0.3) is 5.91 Å². The number of nitrogens with one attached hydrogen (secondary N) is 1. The topological polar surface area (TPSA) is 79.6 Å². The second-order valence-electron chi connectivity index (χ2n) is 4.60. The number of carbonyl (C=O) groups excluding carboxylic acids is 1. The molecule has 3 aromatic rings. The van der Waals surface area contributed by atoms with Crippen LogP contribution in [0.25, 0.3) is 0 Å². The fraction of sp³-hybridized carbons (Fsp3) is 0. The largest absolute Gasteiger partial charge is 0.321 e. The van der Waals surface area contributed by atoms with E-state index in [0.717, 1.165) is 0 Å². The first-order chi connectivity index (χ1) is 11.3. The van der Waals surface area contributed by atoms with E-state index in [1.165, 1.54) is 0 Å². The first-order valence-corrected chi connectivity index (χ1v) is 6.96. The molecule has 0 aliphatic rings. The quantitative estimate of drug-likeness (QED) is 0.735. The molecule has 0 fully saturated rings. The van der Waals surface area contributed by atoms with Crippen LogP contribution in [0, 0.1) is 0 Å². The molecule has 23 heavy (non-hydrogen) atoms. The molecule has 0 radical (unpaired) electrons. The highest BCUT2D eigenvalue weighted by molar-refractivity contribution is 6.02. The summed E-state index contributed by atoms with van der Waals surface area (Å²) in [6, 6.07) is 17.7. The second-order valence-corrected chi connectivity index (χ2v) is 4.60. The summed E-state index contributed by atoms with van der Waals surface area (Å²) in [5.41, 5.74) is 1.70. The van der Waals surface area contributed by atoms with Gasteiger partial charge >= 0.3 is 0 Å². The van der Waals surface area contributed by atoms with Crippen LogP contribution in [0.5, 0.6) is 0 Å². The Bertz CT molecular complexity index is 801. The smallest absolute Gasteiger partial charge is 0.274 e. The highest BCUT2D eigenvalue weighted by atomic mass is 16.1. The number of hydrogen-bond acceptors (Lipinski definition) is 5. The van der Waals surface area contributed by atoms with Gasteiger partial charge in [0.15, 0.2) is 5.82 Å². The van der Waals surface area contributed by atoms with Crippen LogP contribution in [0.4, 0.5) is 17.2 Å². The number of anilines is 1. The Balaban J connectivity index is 1.65. The van der Waals surface area contributed by atoms with Crippen molar-refractivity contribution in [2.45, 2.75) is 0 Å². The van der Waals surface area contributed by atoms with Crippen molar-refractivity contribution in [3.05, 3.63) is 78.8 Å². The Morgan fingerprint density at radius 2 is 1.57 bits per heavy atom. The van der Waals surface area contributed by atoms with Crippen molar-refractivity contribution in [1.29, 1.82) is 0 Å². The molecule has 0 aliphatic carbocycles. The Kier molecular flexibility index (Phi) is 4.44. The molecule has 2 heterocycles. The molecule has 6 heteroatoms. The summed E-state index contributed by atoms with van der Waals surface area (Å²) < 4.78 is 0. The maximum Gasteiger partial charge on any atom is 0.274 e. The Morgan fingerprint density at radius 1 is 0.826 bits per heavy atom. The van der Waals surface area contributed by atoms with Gasteiger partial charge in [-0.1, -0.05) is 12.1 Å². The van der Waals surface area contributed by atoms with Gasteiger partial charge in [-0.2, -0.15) is 0 Å². The molecule has 0 unspecified atom stereocenters. The van der Waals surface area contributed by atoms with Crippen molar-refractivity contribution in [1.82, 2.24) is 9.97 Å². The van der Waals surface area contributed by atoms with Gasteiger partial charge in [0.05, 0.1) is 5.69 Å². The van der Waals surface area contributed by atoms with Gasteiger partial charge < -0.3 is 5.32 Å². The average Bonchev–Trinajstić information content (AvgIpc) is 2.63. The predicted octanol–water partition coefficient (Wildman–Crippen LogP) is 4.14. The zero-order valence-corrected chi connectivity index (χ0v) is 12.1. The van der Waals surface area contributed by atoms with Gasteiger partial charge in [0.1, 0.15) is 5.69 Å². The molecule has 0 saturated carbocycles. The van der Waals surface area contributed by atoms with Gasteiger partial charge in [0, 0.05) is 18.1 Å². The number of pyridine rings is 2. The number of azo groups is 1. The van der Waals surface area contributed by atoms with Crippen molar-refractivity contribution in [3.63, 3.8) is 0 Å². The molecule has 6 nitrogen and oxygen atoms in total. The van der Waals surface area contributed by atoms with E-state index in [2.05, 4.69) is 25.5 Å². The Hall–Kier alpha value is -3.41. The predicted molar refractivity (Wildman–Crippen MR) is 87.0 cm³/mol. The van der Waals surface area contributed by atoms with Gasteiger partial charge in [-0.15, -0.1) is 10.2 Å². The molecule has 112 valence electrons. The lowest BCUT2D eigenvalue weighted by Crippen LogP contribution is -2.13. The van der Waals surface area contributed by atoms with E-state index >= 15 is 0 Å². The lowest BCUT2D eigenvalue weighted by atomic mass is 10.2. The zero-order chi connectivity index (χ0) is 15.9. The minimum absolute atomic E-state index is 0.256. The number of nitrogens with zero attached hydrogens (tertiary/aromatic N) is 4. The third kappa shape index (κ3) is 4.04. The molecular formula is C17H13N5O. The highest BCUT2D eigenvalue weighted by Gasteiger charge is 2.06. The zero-order valence-electron chi connectivity index (χ0n) is 12.1. The lowest BCUT2D eigenvalue weighted by molar-refractivity contribution is 0.102. The van der Waals surface area contributed by atoms with E-state index in [1.54, 1.807) is 60.9 Å². The van der Waals surface area contributed by atoms with E-state index in [1.807, 2.05) is 12.1 Å². The number of rotatable bonds is 4. The summed E-state index contributed by atoms with van der Waals surface area (Å²) in [5.74, 6) is 0.286. The summed E-state index contributed by atoms with van der Waals surface area (Å²) in [4.78, 5) is 20.0. The molecule has 0 bridgehead atoms. The number of benzene rings is 1. The first-order valence-electron chi connectivity index (χ1n) is 6.96. The number of amides is 1. The Labute approximate surface area is 133 Å². The van der Waals surface area contributed by atoms with Crippen molar-refractivity contribution in [3.8, 4) is 0 Å². The first kappa shape index (κ1) is 14.5. The number of hydrogen-bond donors (Lipinski definition) is 1. The second kappa shape index (κ2) is 7.04. The molecule has 0 saturated heterocycles. The SMILES string of the molecule is O=C(Nc1ccc(/N=N/c2ccccn2)cc1)c1ccccn1.